The number of carbonyl (C=O) groups is 4. The molecule has 0 amide bonds. The van der Waals surface area contributed by atoms with E-state index >= 15 is 0 Å². The highest BCUT2D eigenvalue weighted by molar-refractivity contribution is 5.75. The summed E-state index contributed by atoms with van der Waals surface area (Å²) in [6.07, 6.45) is 5.56. The molecule has 0 aliphatic carbocycles. The third-order valence-electron chi connectivity index (χ3n) is 4.19. The van der Waals surface area contributed by atoms with Crippen molar-refractivity contribution in [3.05, 3.63) is 29.1 Å². The molecule has 0 spiro atoms. The van der Waals surface area contributed by atoms with Gasteiger partial charge in [0.15, 0.2) is 0 Å². The van der Waals surface area contributed by atoms with E-state index in [9.17, 15) is 19.2 Å². The monoisotopic (exact) mass is 449 g/mol. The third kappa shape index (κ3) is 9.55. The van der Waals surface area contributed by atoms with E-state index < -0.39 is 23.9 Å². The molecule has 0 atom stereocenters. The number of aromatic nitrogens is 1. The number of terminal acetylenes is 1. The summed E-state index contributed by atoms with van der Waals surface area (Å²) < 4.78 is 18.7. The predicted molar refractivity (Wildman–Crippen MR) is 111 cm³/mol. The van der Waals surface area contributed by atoms with Gasteiger partial charge in [-0.3, -0.25) is 34.0 Å². The van der Waals surface area contributed by atoms with Crippen LogP contribution in [0.4, 0.5) is 0 Å². The van der Waals surface area contributed by atoms with E-state index in [1.165, 1.54) is 38.2 Å². The Morgan fingerprint density at radius 3 is 1.31 bits per heavy atom. The van der Waals surface area contributed by atoms with E-state index in [0.717, 1.165) is 0 Å². The van der Waals surface area contributed by atoms with E-state index in [0.29, 0.717) is 17.0 Å². The maximum atomic E-state index is 11.7. The van der Waals surface area contributed by atoms with Gasteiger partial charge in [-0.2, -0.15) is 0 Å². The van der Waals surface area contributed by atoms with Gasteiger partial charge >= 0.3 is 23.9 Å². The molecule has 0 bridgehead atoms. The second-order valence-corrected chi connectivity index (χ2v) is 6.58. The molecule has 1 heterocycles. The van der Waals surface area contributed by atoms with E-state index in [-0.39, 0.29) is 39.3 Å². The molecule has 0 saturated heterocycles. The molecular formula is C21H27N3O8. The van der Waals surface area contributed by atoms with E-state index in [4.69, 9.17) is 6.42 Å². The first-order chi connectivity index (χ1) is 15.2. The number of hydrogen-bond donors (Lipinski definition) is 0. The Morgan fingerprint density at radius 1 is 0.750 bits per heavy atom. The first-order valence-corrected chi connectivity index (χ1v) is 9.43. The molecule has 174 valence electrons. The molecule has 0 aliphatic rings. The first-order valence-electron chi connectivity index (χ1n) is 9.43. The zero-order valence-electron chi connectivity index (χ0n) is 18.6. The normalized spacial score (nSPS) is 10.4. The fraction of sp³-hybridized carbons (Fsp3) is 0.476. The summed E-state index contributed by atoms with van der Waals surface area (Å²) in [5, 5.41) is 0. The van der Waals surface area contributed by atoms with Crippen molar-refractivity contribution in [1.82, 2.24) is 14.8 Å². The summed E-state index contributed by atoms with van der Waals surface area (Å²) in [5.41, 5.74) is 1.44. The van der Waals surface area contributed by atoms with Crippen LogP contribution >= 0.6 is 0 Å². The highest BCUT2D eigenvalue weighted by Crippen LogP contribution is 2.11. The van der Waals surface area contributed by atoms with Crippen LogP contribution in [0.25, 0.3) is 0 Å². The molecule has 0 fully saturated rings. The highest BCUT2D eigenvalue weighted by atomic mass is 16.5. The molecule has 32 heavy (non-hydrogen) atoms. The molecule has 0 aliphatic heterocycles. The Kier molecular flexibility index (Phi) is 11.4. The molecule has 0 unspecified atom stereocenters. The lowest BCUT2D eigenvalue weighted by Gasteiger charge is -2.21. The second-order valence-electron chi connectivity index (χ2n) is 6.58. The lowest BCUT2D eigenvalue weighted by molar-refractivity contribution is -0.147. The molecule has 1 rings (SSSR count). The Labute approximate surface area is 186 Å². The van der Waals surface area contributed by atoms with Gasteiger partial charge in [-0.1, -0.05) is 5.92 Å². The van der Waals surface area contributed by atoms with Crippen molar-refractivity contribution in [2.45, 2.75) is 13.1 Å². The van der Waals surface area contributed by atoms with Gasteiger partial charge in [0, 0.05) is 18.7 Å². The van der Waals surface area contributed by atoms with E-state index in [2.05, 4.69) is 29.9 Å². The van der Waals surface area contributed by atoms with Crippen LogP contribution in [0.2, 0.25) is 0 Å². The Balaban J connectivity index is 3.14. The van der Waals surface area contributed by atoms with Gasteiger partial charge in [-0.05, 0) is 12.1 Å². The molecular weight excluding hydrogens is 422 g/mol. The van der Waals surface area contributed by atoms with Crippen LogP contribution in [0.1, 0.15) is 17.0 Å². The van der Waals surface area contributed by atoms with Crippen LogP contribution < -0.4 is 0 Å². The molecule has 11 heteroatoms. The van der Waals surface area contributed by atoms with Crippen molar-refractivity contribution in [1.29, 1.82) is 0 Å². The molecule has 0 saturated carbocycles. The molecule has 1 aromatic rings. The van der Waals surface area contributed by atoms with Gasteiger partial charge in [-0.25, -0.2) is 0 Å². The molecule has 0 aromatic carbocycles. The average Bonchev–Trinajstić information content (AvgIpc) is 2.77. The first kappa shape index (κ1) is 26.5. The van der Waals surface area contributed by atoms with Gasteiger partial charge in [0.2, 0.25) is 0 Å². The summed E-state index contributed by atoms with van der Waals surface area (Å²) in [6, 6.07) is 3.27. The van der Waals surface area contributed by atoms with Gasteiger partial charge in [0.05, 0.1) is 66.0 Å². The van der Waals surface area contributed by atoms with E-state index in [1.807, 2.05) is 0 Å². The van der Waals surface area contributed by atoms with Crippen molar-refractivity contribution < 1.29 is 38.1 Å². The van der Waals surface area contributed by atoms with Gasteiger partial charge in [0.25, 0.3) is 0 Å². The Hall–Kier alpha value is -3.49. The maximum absolute atomic E-state index is 11.7. The van der Waals surface area contributed by atoms with Gasteiger partial charge in [-0.15, -0.1) is 6.42 Å². The number of hydrogen-bond acceptors (Lipinski definition) is 11. The van der Waals surface area contributed by atoms with Gasteiger partial charge in [0.1, 0.15) is 0 Å². The largest absolute Gasteiger partial charge is 0.468 e. The molecule has 11 nitrogen and oxygen atoms in total. The predicted octanol–water partition coefficient (Wildman–Crippen LogP) is -0.641. The summed E-state index contributed by atoms with van der Waals surface area (Å²) in [6.45, 7) is -0.472. The SMILES string of the molecule is C#Cc1cc(CN(CC(=O)OC)CC(=O)OC)nc(CN(CC(=O)OC)CC(=O)OC)c1. The minimum absolute atomic E-state index is 0.0979. The summed E-state index contributed by atoms with van der Waals surface area (Å²) in [7, 11) is 4.96. The van der Waals surface area contributed by atoms with Crippen molar-refractivity contribution in [2.24, 2.45) is 0 Å². The van der Waals surface area contributed by atoms with E-state index in [1.54, 1.807) is 12.1 Å². The fourth-order valence-electron chi connectivity index (χ4n) is 2.68. The maximum Gasteiger partial charge on any atom is 0.319 e. The van der Waals surface area contributed by atoms with Crippen molar-refractivity contribution in [3.8, 4) is 12.3 Å². The number of methoxy groups -OCH3 is 4. The van der Waals surface area contributed by atoms with Crippen LogP contribution in [0.3, 0.4) is 0 Å². The topological polar surface area (TPSA) is 125 Å². The number of ether oxygens (including phenoxy) is 4. The Bertz CT molecular complexity index is 769. The molecule has 1 aromatic heterocycles. The summed E-state index contributed by atoms with van der Waals surface area (Å²) >= 11 is 0. The van der Waals surface area contributed by atoms with Crippen LogP contribution in [-0.4, -0.2) is 93.3 Å². The smallest absolute Gasteiger partial charge is 0.319 e. The standard InChI is InChI=1S/C21H27N3O8/c1-6-15-7-16(9-23(11-18(25)29-2)12-19(26)30-3)22-17(8-15)10-24(13-20(27)31-4)14-21(28)32-5/h1,7-8H,9-14H2,2-5H3. The zero-order valence-corrected chi connectivity index (χ0v) is 18.6. The highest BCUT2D eigenvalue weighted by Gasteiger charge is 2.19. The number of carbonyl (C=O) groups excluding carboxylic acids is 4. The van der Waals surface area contributed by atoms with Crippen molar-refractivity contribution in [3.63, 3.8) is 0 Å². The van der Waals surface area contributed by atoms with Crippen LogP contribution in [0, 0.1) is 12.3 Å². The van der Waals surface area contributed by atoms with Crippen LogP contribution in [0.5, 0.6) is 0 Å². The van der Waals surface area contributed by atoms with Crippen molar-refractivity contribution >= 4 is 23.9 Å². The number of pyridine rings is 1. The molecule has 0 N–H and O–H groups in total. The number of nitrogens with zero attached hydrogens (tertiary/aromatic N) is 3. The summed E-state index contributed by atoms with van der Waals surface area (Å²) in [5.74, 6) is 0.369. The fourth-order valence-corrected chi connectivity index (χ4v) is 2.68. The second kappa shape index (κ2) is 13.7. The zero-order chi connectivity index (χ0) is 24.1. The van der Waals surface area contributed by atoms with Crippen LogP contribution in [0.15, 0.2) is 12.1 Å². The minimum Gasteiger partial charge on any atom is -0.468 e. The average molecular weight is 449 g/mol. The Morgan fingerprint density at radius 2 is 1.06 bits per heavy atom. The summed E-state index contributed by atoms with van der Waals surface area (Å²) in [4.78, 5) is 54.4. The lowest BCUT2D eigenvalue weighted by Crippen LogP contribution is -2.36. The third-order valence-corrected chi connectivity index (χ3v) is 4.19. The van der Waals surface area contributed by atoms with Crippen molar-refractivity contribution in [2.75, 3.05) is 54.6 Å². The van der Waals surface area contributed by atoms with Crippen LogP contribution in [-0.2, 0) is 51.2 Å². The number of rotatable bonds is 12. The lowest BCUT2D eigenvalue weighted by atomic mass is 10.1. The number of esters is 4. The molecule has 0 radical (unpaired) electrons. The minimum atomic E-state index is -0.537. The quantitative estimate of drug-likeness (QED) is 0.230. The van der Waals surface area contributed by atoms with Gasteiger partial charge < -0.3 is 18.9 Å².